The van der Waals surface area contributed by atoms with E-state index in [1.54, 1.807) is 12.4 Å². The summed E-state index contributed by atoms with van der Waals surface area (Å²) in [5.41, 5.74) is 5.33. The quantitative estimate of drug-likeness (QED) is 0.637. The Morgan fingerprint density at radius 2 is 2.60 bits per heavy atom. The Morgan fingerprint density at radius 3 is 3.10 bits per heavy atom. The zero-order chi connectivity index (χ0) is 7.40. The Bertz CT molecular complexity index is 173. The summed E-state index contributed by atoms with van der Waals surface area (Å²) >= 11 is 0. The molecule has 0 amide bonds. The molecule has 0 fully saturated rings. The summed E-state index contributed by atoms with van der Waals surface area (Å²) in [4.78, 5) is 6.75. The number of aromatic nitrogens is 2. The van der Waals surface area contributed by atoms with Gasteiger partial charge in [-0.3, -0.25) is 0 Å². The molecule has 0 saturated carbocycles. The SMILES string of the molecule is NC(CF)Cc1ncc[nH]1. The van der Waals surface area contributed by atoms with E-state index in [0.29, 0.717) is 6.42 Å². The third kappa shape index (κ3) is 1.80. The Hall–Kier alpha value is -0.900. The Balaban J connectivity index is 2.40. The van der Waals surface area contributed by atoms with Crippen molar-refractivity contribution in [3.63, 3.8) is 0 Å². The minimum Gasteiger partial charge on any atom is -0.349 e. The molecular weight excluding hydrogens is 133 g/mol. The number of nitrogens with zero attached hydrogens (tertiary/aromatic N) is 1. The first-order valence-corrected chi connectivity index (χ1v) is 3.12. The third-order valence-electron chi connectivity index (χ3n) is 1.21. The number of aromatic amines is 1. The summed E-state index contributed by atoms with van der Waals surface area (Å²) in [5.74, 6) is 0.741. The molecule has 0 bridgehead atoms. The van der Waals surface area contributed by atoms with Crippen molar-refractivity contribution in [2.24, 2.45) is 5.73 Å². The monoisotopic (exact) mass is 143 g/mol. The molecule has 0 radical (unpaired) electrons. The Kier molecular flexibility index (Phi) is 2.39. The number of imidazole rings is 1. The normalized spacial score (nSPS) is 13.4. The van der Waals surface area contributed by atoms with Gasteiger partial charge in [-0.15, -0.1) is 0 Å². The maximum absolute atomic E-state index is 11.8. The summed E-state index contributed by atoms with van der Waals surface area (Å²) in [6, 6.07) is -0.425. The van der Waals surface area contributed by atoms with Crippen LogP contribution in [0.15, 0.2) is 12.4 Å². The molecule has 1 aromatic rings. The van der Waals surface area contributed by atoms with Crippen LogP contribution in [0, 0.1) is 0 Å². The predicted molar refractivity (Wildman–Crippen MR) is 36.2 cm³/mol. The molecule has 1 rings (SSSR count). The molecule has 4 heteroatoms. The van der Waals surface area contributed by atoms with E-state index in [-0.39, 0.29) is 0 Å². The number of H-pyrrole nitrogens is 1. The summed E-state index contributed by atoms with van der Waals surface area (Å²) in [6.07, 6.45) is 3.80. The van der Waals surface area contributed by atoms with Crippen molar-refractivity contribution < 1.29 is 4.39 Å². The summed E-state index contributed by atoms with van der Waals surface area (Å²) in [6.45, 7) is -0.499. The molecule has 0 aromatic carbocycles. The Labute approximate surface area is 58.5 Å². The lowest BCUT2D eigenvalue weighted by molar-refractivity contribution is 0.423. The van der Waals surface area contributed by atoms with Gasteiger partial charge in [0.25, 0.3) is 0 Å². The second-order valence-electron chi connectivity index (χ2n) is 2.15. The van der Waals surface area contributed by atoms with E-state index >= 15 is 0 Å². The van der Waals surface area contributed by atoms with Crippen LogP contribution in [-0.2, 0) is 6.42 Å². The van der Waals surface area contributed by atoms with Crippen molar-refractivity contribution >= 4 is 0 Å². The number of rotatable bonds is 3. The molecule has 0 aliphatic carbocycles. The molecule has 0 aliphatic rings. The molecule has 1 aromatic heterocycles. The molecule has 0 aliphatic heterocycles. The Morgan fingerprint density at radius 1 is 1.80 bits per heavy atom. The molecule has 1 heterocycles. The van der Waals surface area contributed by atoms with Crippen molar-refractivity contribution in [3.8, 4) is 0 Å². The van der Waals surface area contributed by atoms with Crippen LogP contribution in [0.3, 0.4) is 0 Å². The van der Waals surface area contributed by atoms with Crippen molar-refractivity contribution in [2.75, 3.05) is 6.67 Å². The van der Waals surface area contributed by atoms with Crippen molar-refractivity contribution in [2.45, 2.75) is 12.5 Å². The molecule has 3 nitrogen and oxygen atoms in total. The fourth-order valence-corrected chi connectivity index (χ4v) is 0.713. The van der Waals surface area contributed by atoms with Gasteiger partial charge in [0.05, 0.1) is 0 Å². The number of halogens is 1. The minimum absolute atomic E-state index is 0.425. The van der Waals surface area contributed by atoms with Crippen LogP contribution in [0.25, 0.3) is 0 Å². The van der Waals surface area contributed by atoms with Gasteiger partial charge < -0.3 is 10.7 Å². The molecule has 0 spiro atoms. The van der Waals surface area contributed by atoms with E-state index in [9.17, 15) is 4.39 Å². The third-order valence-corrected chi connectivity index (χ3v) is 1.21. The van der Waals surface area contributed by atoms with E-state index in [0.717, 1.165) is 5.82 Å². The van der Waals surface area contributed by atoms with E-state index in [1.165, 1.54) is 0 Å². The van der Waals surface area contributed by atoms with Crippen molar-refractivity contribution in [3.05, 3.63) is 18.2 Å². The fourth-order valence-electron chi connectivity index (χ4n) is 0.713. The fraction of sp³-hybridized carbons (Fsp3) is 0.500. The number of hydrogen-bond acceptors (Lipinski definition) is 2. The first kappa shape index (κ1) is 7.21. The van der Waals surface area contributed by atoms with Gasteiger partial charge in [0.15, 0.2) is 0 Å². The maximum atomic E-state index is 11.8. The van der Waals surface area contributed by atoms with Crippen molar-refractivity contribution in [1.29, 1.82) is 0 Å². The standard InChI is InChI=1S/C6H10FN3/c7-4-5(8)3-6-9-1-2-10-6/h1-2,5H,3-4,8H2,(H,9,10). The van der Waals surface area contributed by atoms with Crippen LogP contribution in [0.2, 0.25) is 0 Å². The van der Waals surface area contributed by atoms with E-state index < -0.39 is 12.7 Å². The van der Waals surface area contributed by atoms with Gasteiger partial charge in [0, 0.05) is 24.9 Å². The lowest BCUT2D eigenvalue weighted by atomic mass is 10.2. The van der Waals surface area contributed by atoms with E-state index in [1.807, 2.05) is 0 Å². The highest BCUT2D eigenvalue weighted by Gasteiger charge is 2.03. The molecule has 56 valence electrons. The average Bonchev–Trinajstić information content (AvgIpc) is 2.40. The lowest BCUT2D eigenvalue weighted by Gasteiger charge is -2.01. The molecule has 3 N–H and O–H groups in total. The van der Waals surface area contributed by atoms with Crippen LogP contribution >= 0.6 is 0 Å². The first-order valence-electron chi connectivity index (χ1n) is 3.12. The molecule has 10 heavy (non-hydrogen) atoms. The summed E-state index contributed by atoms with van der Waals surface area (Å²) in [7, 11) is 0. The minimum atomic E-state index is -0.499. The molecular formula is C6H10FN3. The van der Waals surface area contributed by atoms with E-state index in [4.69, 9.17) is 5.73 Å². The van der Waals surface area contributed by atoms with Gasteiger partial charge in [-0.05, 0) is 0 Å². The van der Waals surface area contributed by atoms with Crippen LogP contribution < -0.4 is 5.73 Å². The number of hydrogen-bond donors (Lipinski definition) is 2. The zero-order valence-corrected chi connectivity index (χ0v) is 5.55. The van der Waals surface area contributed by atoms with Gasteiger partial charge in [-0.1, -0.05) is 0 Å². The highest BCUT2D eigenvalue weighted by atomic mass is 19.1. The van der Waals surface area contributed by atoms with Gasteiger partial charge in [-0.25, -0.2) is 9.37 Å². The number of alkyl halides is 1. The molecule has 1 unspecified atom stereocenters. The smallest absolute Gasteiger partial charge is 0.107 e. The topological polar surface area (TPSA) is 54.7 Å². The van der Waals surface area contributed by atoms with Gasteiger partial charge in [-0.2, -0.15) is 0 Å². The highest BCUT2D eigenvalue weighted by Crippen LogP contribution is 1.93. The molecule has 0 saturated heterocycles. The van der Waals surface area contributed by atoms with Crippen LogP contribution in [0.4, 0.5) is 4.39 Å². The lowest BCUT2D eigenvalue weighted by Crippen LogP contribution is -2.25. The van der Waals surface area contributed by atoms with Crippen LogP contribution in [-0.4, -0.2) is 22.7 Å². The predicted octanol–water partition coefficient (Wildman–Crippen LogP) is 0.249. The summed E-state index contributed by atoms with van der Waals surface area (Å²) in [5, 5.41) is 0. The number of nitrogens with two attached hydrogens (primary N) is 1. The second-order valence-corrected chi connectivity index (χ2v) is 2.15. The van der Waals surface area contributed by atoms with Crippen LogP contribution in [0.1, 0.15) is 5.82 Å². The largest absolute Gasteiger partial charge is 0.349 e. The van der Waals surface area contributed by atoms with Gasteiger partial charge in [0.1, 0.15) is 12.5 Å². The summed E-state index contributed by atoms with van der Waals surface area (Å²) < 4.78 is 11.8. The van der Waals surface area contributed by atoms with Crippen molar-refractivity contribution in [1.82, 2.24) is 9.97 Å². The second kappa shape index (κ2) is 3.31. The zero-order valence-electron chi connectivity index (χ0n) is 5.55. The molecule has 1 atom stereocenters. The highest BCUT2D eigenvalue weighted by molar-refractivity contribution is 4.89. The van der Waals surface area contributed by atoms with E-state index in [2.05, 4.69) is 9.97 Å². The van der Waals surface area contributed by atoms with Gasteiger partial charge >= 0.3 is 0 Å². The van der Waals surface area contributed by atoms with Crippen LogP contribution in [0.5, 0.6) is 0 Å². The van der Waals surface area contributed by atoms with Gasteiger partial charge in [0.2, 0.25) is 0 Å². The maximum Gasteiger partial charge on any atom is 0.107 e. The average molecular weight is 143 g/mol. The number of nitrogens with one attached hydrogen (secondary N) is 1. The first-order chi connectivity index (χ1) is 4.83.